The van der Waals surface area contributed by atoms with Gasteiger partial charge in [0, 0.05) is 0 Å². The van der Waals surface area contributed by atoms with Gasteiger partial charge in [-0.3, -0.25) is 4.52 Å². The van der Waals surface area contributed by atoms with Crippen molar-refractivity contribution in [3.63, 3.8) is 0 Å². The molecule has 0 spiro atoms. The first-order valence-electron chi connectivity index (χ1n) is 12.0. The van der Waals surface area contributed by atoms with Gasteiger partial charge in [-0.2, -0.15) is 0 Å². The molecular weight excluding hydrogens is 459 g/mol. The highest BCUT2D eigenvalue weighted by Gasteiger charge is 2.36. The number of hydrogen-bond acceptors (Lipinski definition) is 4. The molecule has 0 aromatic heterocycles. The van der Waals surface area contributed by atoms with Gasteiger partial charge in [-0.15, -0.1) is 0 Å². The molecule has 0 radical (unpaired) electrons. The van der Waals surface area contributed by atoms with E-state index in [-0.39, 0.29) is 17.4 Å². The average molecular weight is 505 g/mol. The van der Waals surface area contributed by atoms with Crippen molar-refractivity contribution < 1.29 is 18.9 Å². The Balaban J connectivity index is 0.000000926. The van der Waals surface area contributed by atoms with E-state index in [1.165, 1.54) is 35.1 Å². The minimum absolute atomic E-state index is 0.108. The zero-order valence-electron chi connectivity index (χ0n) is 22.9. The summed E-state index contributed by atoms with van der Waals surface area (Å²) in [5.74, 6) is 0. The van der Waals surface area contributed by atoms with Crippen LogP contribution < -0.4 is 10.6 Å². The summed E-state index contributed by atoms with van der Waals surface area (Å²) in [4.78, 5) is 17.6. The number of phosphoric ester groups is 1. The first kappa shape index (κ1) is 31.2. The molecule has 2 aromatic carbocycles. The van der Waals surface area contributed by atoms with Gasteiger partial charge in [-0.05, 0) is 92.2 Å². The van der Waals surface area contributed by atoms with E-state index in [1.807, 2.05) is 52.5 Å². The van der Waals surface area contributed by atoms with Crippen molar-refractivity contribution in [2.75, 3.05) is 28.2 Å². The van der Waals surface area contributed by atoms with Gasteiger partial charge in [0.2, 0.25) is 0 Å². The van der Waals surface area contributed by atoms with Crippen molar-refractivity contribution in [1.29, 1.82) is 0 Å². The summed E-state index contributed by atoms with van der Waals surface area (Å²) in [7, 11) is 3.05. The second-order valence-electron chi connectivity index (χ2n) is 10.4. The van der Waals surface area contributed by atoms with Gasteiger partial charge in [0.25, 0.3) is 0 Å². The Morgan fingerprint density at radius 3 is 1.89 bits per heavy atom. The second-order valence-corrected chi connectivity index (χ2v) is 11.6. The number of nitrogens with one attached hydrogen (secondary N) is 2. The molecule has 1 aliphatic rings. The van der Waals surface area contributed by atoms with Crippen LogP contribution in [0.2, 0.25) is 0 Å². The van der Waals surface area contributed by atoms with Crippen LogP contribution >= 0.6 is 7.82 Å². The molecular formula is C28H45N2O4P. The molecule has 2 aromatic rings. The molecule has 0 heterocycles. The Labute approximate surface area is 212 Å². The highest BCUT2D eigenvalue weighted by atomic mass is 31.2. The molecule has 1 aliphatic carbocycles. The Bertz CT molecular complexity index is 1010. The fraction of sp³-hybridized carbons (Fsp3) is 0.500. The first-order chi connectivity index (χ1) is 16.2. The van der Waals surface area contributed by atoms with Gasteiger partial charge in [0.05, 0.1) is 6.61 Å². The van der Waals surface area contributed by atoms with Crippen molar-refractivity contribution >= 4 is 19.5 Å². The lowest BCUT2D eigenvalue weighted by atomic mass is 9.63. The molecule has 0 unspecified atom stereocenters. The number of fused-ring (bicyclic) bond motifs is 1. The number of phosphoric acid groups is 1. The number of benzene rings is 2. The Hall–Kier alpha value is -1.79. The molecule has 0 bridgehead atoms. The van der Waals surface area contributed by atoms with Gasteiger partial charge in [-0.25, -0.2) is 4.57 Å². The summed E-state index contributed by atoms with van der Waals surface area (Å²) in [5.41, 5.74) is 7.48. The normalized spacial score (nSPS) is 16.3. The molecule has 4 N–H and O–H groups in total. The van der Waals surface area contributed by atoms with E-state index in [1.54, 1.807) is 0 Å². The van der Waals surface area contributed by atoms with Crippen molar-refractivity contribution in [3.8, 4) is 0 Å². The van der Waals surface area contributed by atoms with Crippen LogP contribution in [-0.4, -0.2) is 38.0 Å². The molecule has 0 amide bonds. The minimum atomic E-state index is -4.45. The maximum Gasteiger partial charge on any atom is 0.469 e. The van der Waals surface area contributed by atoms with Crippen LogP contribution in [0.4, 0.5) is 0 Å². The van der Waals surface area contributed by atoms with Crippen LogP contribution in [0, 0.1) is 0 Å². The van der Waals surface area contributed by atoms with E-state index in [9.17, 15) is 4.57 Å². The Morgan fingerprint density at radius 1 is 0.914 bits per heavy atom. The fourth-order valence-corrected chi connectivity index (χ4v) is 4.35. The van der Waals surface area contributed by atoms with Crippen molar-refractivity contribution in [1.82, 2.24) is 10.6 Å². The first-order valence-corrected chi connectivity index (χ1v) is 13.5. The smallest absolute Gasteiger partial charge is 0.323 e. The molecule has 35 heavy (non-hydrogen) atoms. The van der Waals surface area contributed by atoms with Gasteiger partial charge in [0.15, 0.2) is 0 Å². The van der Waals surface area contributed by atoms with E-state index in [2.05, 4.69) is 74.1 Å². The van der Waals surface area contributed by atoms with Crippen LogP contribution in [0.1, 0.15) is 75.3 Å². The molecule has 0 aliphatic heterocycles. The van der Waals surface area contributed by atoms with Gasteiger partial charge in [-0.1, -0.05) is 76.2 Å². The predicted octanol–water partition coefficient (Wildman–Crippen LogP) is 5.88. The lowest BCUT2D eigenvalue weighted by molar-refractivity contribution is 0.189. The fourth-order valence-electron chi connectivity index (χ4n) is 4.04. The number of allylic oxidation sites excluding steroid dienone is 1. The molecule has 0 fully saturated rings. The molecule has 6 nitrogen and oxygen atoms in total. The zero-order chi connectivity index (χ0) is 26.9. The van der Waals surface area contributed by atoms with Crippen LogP contribution in [0.5, 0.6) is 0 Å². The number of rotatable bonds is 5. The molecule has 196 valence electrons. The van der Waals surface area contributed by atoms with Crippen LogP contribution in [0.25, 0.3) is 11.6 Å². The van der Waals surface area contributed by atoms with E-state index in [0.717, 1.165) is 11.1 Å². The maximum atomic E-state index is 10.8. The third kappa shape index (κ3) is 10.0. The van der Waals surface area contributed by atoms with Gasteiger partial charge >= 0.3 is 7.82 Å². The average Bonchev–Trinajstić information content (AvgIpc) is 2.77. The van der Waals surface area contributed by atoms with Gasteiger partial charge < -0.3 is 20.4 Å². The summed E-state index contributed by atoms with van der Waals surface area (Å²) in [5, 5.41) is 5.50. The Kier molecular flexibility index (Phi) is 12.0. The second kappa shape index (κ2) is 13.5. The molecule has 3 rings (SSSR count). The van der Waals surface area contributed by atoms with E-state index < -0.39 is 7.82 Å². The van der Waals surface area contributed by atoms with Crippen molar-refractivity contribution in [3.05, 3.63) is 70.3 Å². The van der Waals surface area contributed by atoms with Crippen molar-refractivity contribution in [2.24, 2.45) is 0 Å². The molecule has 0 atom stereocenters. The standard InChI is InChI=1S/C24H31O4P.2C2H7N/c1-17(14-18-6-8-19(9-7-18)16-28-29(25,26)27)20-10-11-21-22(15-20)24(4,5)13-12-23(21,2)3;2*1-3-2/h6-11,14-15H,12-13,16H2,1-5H3,(H2,25,26,27);2*3H,1-2H3. The summed E-state index contributed by atoms with van der Waals surface area (Å²) < 4.78 is 15.4. The summed E-state index contributed by atoms with van der Waals surface area (Å²) >= 11 is 0. The molecule has 7 heteroatoms. The highest BCUT2D eigenvalue weighted by molar-refractivity contribution is 7.46. The largest absolute Gasteiger partial charge is 0.469 e. The third-order valence-electron chi connectivity index (χ3n) is 6.07. The number of hydrogen-bond donors (Lipinski definition) is 4. The maximum absolute atomic E-state index is 10.8. The van der Waals surface area contributed by atoms with Crippen LogP contribution in [0.15, 0.2) is 42.5 Å². The minimum Gasteiger partial charge on any atom is -0.323 e. The monoisotopic (exact) mass is 504 g/mol. The lowest BCUT2D eigenvalue weighted by Crippen LogP contribution is -2.33. The highest BCUT2D eigenvalue weighted by Crippen LogP contribution is 2.46. The topological polar surface area (TPSA) is 90.8 Å². The quantitative estimate of drug-likeness (QED) is 0.300. The summed E-state index contributed by atoms with van der Waals surface area (Å²) in [6, 6.07) is 14.4. The van der Waals surface area contributed by atoms with E-state index >= 15 is 0 Å². The van der Waals surface area contributed by atoms with Crippen LogP contribution in [-0.2, 0) is 26.5 Å². The van der Waals surface area contributed by atoms with Crippen LogP contribution in [0.3, 0.4) is 0 Å². The summed E-state index contributed by atoms with van der Waals surface area (Å²) in [6.07, 6.45) is 4.53. The lowest BCUT2D eigenvalue weighted by Gasteiger charge is -2.42. The SMILES string of the molecule is CC(=Cc1ccc(COP(=O)(O)O)cc1)c1ccc2c(c1)C(C)(C)CCC2(C)C.CNC.CNC. The zero-order valence-corrected chi connectivity index (χ0v) is 23.8. The van der Waals surface area contributed by atoms with E-state index in [0.29, 0.717) is 0 Å². The predicted molar refractivity (Wildman–Crippen MR) is 149 cm³/mol. The molecule has 0 saturated heterocycles. The van der Waals surface area contributed by atoms with Crippen molar-refractivity contribution in [2.45, 2.75) is 64.9 Å². The van der Waals surface area contributed by atoms with Gasteiger partial charge in [0.1, 0.15) is 0 Å². The third-order valence-corrected chi connectivity index (χ3v) is 6.54. The summed E-state index contributed by atoms with van der Waals surface area (Å²) in [6.45, 7) is 11.4. The molecule has 0 saturated carbocycles. The van der Waals surface area contributed by atoms with E-state index in [4.69, 9.17) is 9.79 Å². The Morgan fingerprint density at radius 2 is 1.40 bits per heavy atom.